The molecule has 0 bridgehead atoms. The SMILES string of the molecule is C[C@]1(O)[C@H](O)COC(O)[C@@H]1O. The zero-order valence-corrected chi connectivity index (χ0v) is 6.14. The number of aliphatic hydroxyl groups excluding tert-OH is 3. The molecule has 0 aromatic rings. The van der Waals surface area contributed by atoms with Crippen LogP contribution in [0.5, 0.6) is 0 Å². The van der Waals surface area contributed by atoms with Gasteiger partial charge in [0, 0.05) is 0 Å². The van der Waals surface area contributed by atoms with Crippen LogP contribution in [0.15, 0.2) is 0 Å². The number of aliphatic hydroxyl groups is 4. The Bertz CT molecular complexity index is 146. The molecule has 4 N–H and O–H groups in total. The molecule has 11 heavy (non-hydrogen) atoms. The van der Waals surface area contributed by atoms with Crippen molar-refractivity contribution in [2.75, 3.05) is 6.61 Å². The highest BCUT2D eigenvalue weighted by Gasteiger charge is 2.46. The first-order valence-electron chi connectivity index (χ1n) is 3.34. The number of ether oxygens (including phenoxy) is 1. The summed E-state index contributed by atoms with van der Waals surface area (Å²) in [5.74, 6) is 0. The van der Waals surface area contributed by atoms with Gasteiger partial charge in [0.2, 0.25) is 0 Å². The van der Waals surface area contributed by atoms with Crippen LogP contribution in [0, 0.1) is 0 Å². The minimum atomic E-state index is -1.70. The smallest absolute Gasteiger partial charge is 0.183 e. The highest BCUT2D eigenvalue weighted by Crippen LogP contribution is 2.23. The first-order chi connectivity index (χ1) is 4.96. The summed E-state index contributed by atoms with van der Waals surface area (Å²) in [7, 11) is 0. The highest BCUT2D eigenvalue weighted by atomic mass is 16.6. The molecular weight excluding hydrogens is 152 g/mol. The van der Waals surface area contributed by atoms with Gasteiger partial charge in [-0.3, -0.25) is 0 Å². The van der Waals surface area contributed by atoms with E-state index in [1.54, 1.807) is 0 Å². The van der Waals surface area contributed by atoms with E-state index < -0.39 is 24.1 Å². The van der Waals surface area contributed by atoms with E-state index >= 15 is 0 Å². The summed E-state index contributed by atoms with van der Waals surface area (Å²) in [4.78, 5) is 0. The Hall–Kier alpha value is -0.200. The molecule has 1 unspecified atom stereocenters. The average Bonchev–Trinajstić information content (AvgIpc) is 1.95. The van der Waals surface area contributed by atoms with E-state index in [-0.39, 0.29) is 6.61 Å². The van der Waals surface area contributed by atoms with Crippen molar-refractivity contribution in [1.82, 2.24) is 0 Å². The summed E-state index contributed by atoms with van der Waals surface area (Å²) >= 11 is 0. The van der Waals surface area contributed by atoms with Gasteiger partial charge in [-0.25, -0.2) is 0 Å². The topological polar surface area (TPSA) is 90.2 Å². The van der Waals surface area contributed by atoms with Crippen LogP contribution in [0.3, 0.4) is 0 Å². The van der Waals surface area contributed by atoms with Crippen molar-refractivity contribution in [3.05, 3.63) is 0 Å². The first kappa shape index (κ1) is 8.89. The number of hydrogen-bond acceptors (Lipinski definition) is 5. The molecule has 0 amide bonds. The molecule has 1 saturated heterocycles. The van der Waals surface area contributed by atoms with Gasteiger partial charge in [0.15, 0.2) is 6.29 Å². The van der Waals surface area contributed by atoms with Gasteiger partial charge in [0.05, 0.1) is 6.61 Å². The Morgan fingerprint density at radius 2 is 1.91 bits per heavy atom. The molecule has 1 rings (SSSR count). The maximum absolute atomic E-state index is 9.34. The second-order valence-electron chi connectivity index (χ2n) is 2.91. The quantitative estimate of drug-likeness (QED) is 0.326. The van der Waals surface area contributed by atoms with Crippen molar-refractivity contribution < 1.29 is 25.2 Å². The third kappa shape index (κ3) is 1.38. The average molecular weight is 164 g/mol. The highest BCUT2D eigenvalue weighted by molar-refractivity contribution is 4.93. The standard InChI is InChI=1S/C6H12O5/c1-6(10)3(7)2-11-5(9)4(6)8/h3-5,7-10H,2H2,1H3/t3-,4+,5?,6+/m1/s1. The van der Waals surface area contributed by atoms with Crippen molar-refractivity contribution >= 4 is 0 Å². The van der Waals surface area contributed by atoms with E-state index in [4.69, 9.17) is 15.3 Å². The predicted molar refractivity (Wildman–Crippen MR) is 34.6 cm³/mol. The summed E-state index contributed by atoms with van der Waals surface area (Å²) in [6.07, 6.45) is -4.06. The molecule has 5 nitrogen and oxygen atoms in total. The molecule has 4 atom stereocenters. The minimum absolute atomic E-state index is 0.175. The molecule has 0 aliphatic carbocycles. The van der Waals surface area contributed by atoms with Gasteiger partial charge < -0.3 is 25.2 Å². The predicted octanol–water partition coefficient (Wildman–Crippen LogP) is -2.19. The van der Waals surface area contributed by atoms with Crippen LogP contribution in [0.25, 0.3) is 0 Å². The van der Waals surface area contributed by atoms with Crippen LogP contribution >= 0.6 is 0 Å². The van der Waals surface area contributed by atoms with Crippen molar-refractivity contribution in [1.29, 1.82) is 0 Å². The van der Waals surface area contributed by atoms with E-state index in [1.807, 2.05) is 0 Å². The van der Waals surface area contributed by atoms with E-state index in [2.05, 4.69) is 4.74 Å². The van der Waals surface area contributed by atoms with Crippen LogP contribution < -0.4 is 0 Å². The van der Waals surface area contributed by atoms with Gasteiger partial charge in [-0.1, -0.05) is 0 Å². The van der Waals surface area contributed by atoms with Crippen LogP contribution in [-0.2, 0) is 4.74 Å². The molecular formula is C6H12O5. The fourth-order valence-corrected chi connectivity index (χ4v) is 0.935. The van der Waals surface area contributed by atoms with E-state index in [1.165, 1.54) is 6.92 Å². The number of rotatable bonds is 0. The second-order valence-corrected chi connectivity index (χ2v) is 2.91. The van der Waals surface area contributed by atoms with Gasteiger partial charge in [-0.05, 0) is 6.92 Å². The molecule has 1 fully saturated rings. The van der Waals surface area contributed by atoms with Crippen LogP contribution in [0.4, 0.5) is 0 Å². The monoisotopic (exact) mass is 164 g/mol. The lowest BCUT2D eigenvalue weighted by Crippen LogP contribution is -2.61. The van der Waals surface area contributed by atoms with Gasteiger partial charge in [0.25, 0.3) is 0 Å². The summed E-state index contributed by atoms with van der Waals surface area (Å²) < 4.78 is 4.53. The van der Waals surface area contributed by atoms with Gasteiger partial charge in [0.1, 0.15) is 17.8 Å². The normalized spacial score (nSPS) is 52.6. The summed E-state index contributed by atoms with van der Waals surface area (Å²) in [5, 5.41) is 36.4. The molecule has 1 heterocycles. The third-order valence-corrected chi connectivity index (χ3v) is 1.97. The molecule has 66 valence electrons. The van der Waals surface area contributed by atoms with E-state index in [0.29, 0.717) is 0 Å². The Kier molecular flexibility index (Phi) is 2.17. The third-order valence-electron chi connectivity index (χ3n) is 1.97. The number of hydrogen-bond donors (Lipinski definition) is 4. The van der Waals surface area contributed by atoms with Crippen LogP contribution in [0.2, 0.25) is 0 Å². The molecule has 1 aliphatic rings. The lowest BCUT2D eigenvalue weighted by molar-refractivity contribution is -0.286. The maximum Gasteiger partial charge on any atom is 0.183 e. The molecule has 5 heteroatoms. The van der Waals surface area contributed by atoms with Crippen molar-refractivity contribution in [2.45, 2.75) is 31.0 Å². The Morgan fingerprint density at radius 3 is 2.36 bits per heavy atom. The second kappa shape index (κ2) is 2.69. The molecule has 1 aliphatic heterocycles. The van der Waals surface area contributed by atoms with E-state index in [9.17, 15) is 5.11 Å². The Labute approximate surface area is 63.8 Å². The summed E-state index contributed by atoms with van der Waals surface area (Å²) in [5.41, 5.74) is -1.70. The molecule has 0 saturated carbocycles. The van der Waals surface area contributed by atoms with Gasteiger partial charge >= 0.3 is 0 Å². The lowest BCUT2D eigenvalue weighted by Gasteiger charge is -2.40. The van der Waals surface area contributed by atoms with Crippen molar-refractivity contribution in [3.63, 3.8) is 0 Å². The molecule has 0 aromatic heterocycles. The Morgan fingerprint density at radius 1 is 1.36 bits per heavy atom. The van der Waals surface area contributed by atoms with Gasteiger partial charge in [-0.2, -0.15) is 0 Å². The van der Waals surface area contributed by atoms with Gasteiger partial charge in [-0.15, -0.1) is 0 Å². The fourth-order valence-electron chi connectivity index (χ4n) is 0.935. The van der Waals surface area contributed by atoms with Crippen LogP contribution in [-0.4, -0.2) is 51.1 Å². The molecule has 0 aromatic carbocycles. The largest absolute Gasteiger partial charge is 0.388 e. The summed E-state index contributed by atoms with van der Waals surface area (Å²) in [6, 6.07) is 0. The van der Waals surface area contributed by atoms with Crippen molar-refractivity contribution in [2.24, 2.45) is 0 Å². The van der Waals surface area contributed by atoms with Crippen LogP contribution in [0.1, 0.15) is 6.92 Å². The van der Waals surface area contributed by atoms with E-state index in [0.717, 1.165) is 0 Å². The minimum Gasteiger partial charge on any atom is -0.388 e. The lowest BCUT2D eigenvalue weighted by atomic mass is 9.90. The molecule has 0 radical (unpaired) electrons. The fraction of sp³-hybridized carbons (Fsp3) is 1.00. The first-order valence-corrected chi connectivity index (χ1v) is 3.34. The molecule has 0 spiro atoms. The maximum atomic E-state index is 9.34. The Balaban J connectivity index is 2.72. The zero-order valence-electron chi connectivity index (χ0n) is 6.14. The van der Waals surface area contributed by atoms with Crippen molar-refractivity contribution in [3.8, 4) is 0 Å². The zero-order chi connectivity index (χ0) is 8.65. The summed E-state index contributed by atoms with van der Waals surface area (Å²) in [6.45, 7) is 1.07.